The molecular formula is C17H14N2OS. The van der Waals surface area contributed by atoms with E-state index in [1.807, 2.05) is 37.3 Å². The molecule has 0 bridgehead atoms. The van der Waals surface area contributed by atoms with Crippen LogP contribution >= 0.6 is 12.2 Å². The van der Waals surface area contributed by atoms with E-state index in [0.29, 0.717) is 10.6 Å². The highest BCUT2D eigenvalue weighted by Crippen LogP contribution is 2.31. The first-order valence-electron chi connectivity index (χ1n) is 6.70. The lowest BCUT2D eigenvalue weighted by molar-refractivity contribution is 0.0978. The molecule has 1 N–H and O–H groups in total. The molecule has 0 radical (unpaired) electrons. The summed E-state index contributed by atoms with van der Waals surface area (Å²) in [6.45, 7) is 1.99. The highest BCUT2D eigenvalue weighted by molar-refractivity contribution is 7.80. The third kappa shape index (κ3) is 2.62. The van der Waals surface area contributed by atoms with Gasteiger partial charge in [0.1, 0.15) is 11.0 Å². The molecule has 1 aromatic rings. The number of carbonyl (C=O) groups excluding carboxylic acids is 1. The quantitative estimate of drug-likeness (QED) is 0.852. The van der Waals surface area contributed by atoms with Crippen LogP contribution in [0.3, 0.4) is 0 Å². The molecule has 1 aromatic carbocycles. The van der Waals surface area contributed by atoms with Crippen molar-refractivity contribution in [1.29, 1.82) is 0 Å². The number of nitrogens with zero attached hydrogens (tertiary/aromatic N) is 1. The average Bonchev–Trinajstić information content (AvgIpc) is 2.83. The van der Waals surface area contributed by atoms with Crippen molar-refractivity contribution in [1.82, 2.24) is 5.32 Å². The summed E-state index contributed by atoms with van der Waals surface area (Å²) in [6, 6.07) is 8.97. The zero-order chi connectivity index (χ0) is 14.8. The standard InChI is InChI=1S/C17H14N2OS/c1-11-10-13-8-5-9-18-15(13)14(11)17(21)19-16(20)12-6-3-2-4-7-12/h2-10,15H,1H3,(H,19,20,21)/t15-/m1/s1. The molecule has 1 heterocycles. The fourth-order valence-corrected chi connectivity index (χ4v) is 2.88. The molecule has 4 heteroatoms. The van der Waals surface area contributed by atoms with Crippen LogP contribution < -0.4 is 5.32 Å². The highest BCUT2D eigenvalue weighted by Gasteiger charge is 2.28. The zero-order valence-electron chi connectivity index (χ0n) is 11.5. The van der Waals surface area contributed by atoms with Crippen LogP contribution in [0.25, 0.3) is 0 Å². The van der Waals surface area contributed by atoms with Crippen LogP contribution in [0.5, 0.6) is 0 Å². The van der Waals surface area contributed by atoms with Gasteiger partial charge in [-0.05, 0) is 36.3 Å². The van der Waals surface area contributed by atoms with E-state index in [4.69, 9.17) is 12.2 Å². The van der Waals surface area contributed by atoms with Gasteiger partial charge in [0.05, 0.1) is 0 Å². The van der Waals surface area contributed by atoms with E-state index in [9.17, 15) is 4.79 Å². The lowest BCUT2D eigenvalue weighted by atomic mass is 10.0. The number of rotatable bonds is 2. The second kappa shape index (κ2) is 5.58. The molecule has 3 rings (SSSR count). The zero-order valence-corrected chi connectivity index (χ0v) is 12.4. The molecule has 0 fully saturated rings. The van der Waals surface area contributed by atoms with Gasteiger partial charge in [-0.3, -0.25) is 9.79 Å². The van der Waals surface area contributed by atoms with Gasteiger partial charge in [-0.25, -0.2) is 0 Å². The van der Waals surface area contributed by atoms with Crippen LogP contribution in [-0.2, 0) is 0 Å². The lowest BCUT2D eigenvalue weighted by Crippen LogP contribution is -2.33. The topological polar surface area (TPSA) is 41.5 Å². The van der Waals surface area contributed by atoms with E-state index in [1.165, 1.54) is 0 Å². The molecule has 0 saturated carbocycles. The van der Waals surface area contributed by atoms with E-state index >= 15 is 0 Å². The maximum absolute atomic E-state index is 12.2. The minimum atomic E-state index is -0.190. The fourth-order valence-electron chi connectivity index (χ4n) is 2.51. The Kier molecular flexibility index (Phi) is 3.62. The predicted octanol–water partition coefficient (Wildman–Crippen LogP) is 3.01. The number of hydrogen-bond acceptors (Lipinski definition) is 3. The van der Waals surface area contributed by atoms with Crippen molar-refractivity contribution < 1.29 is 4.79 Å². The number of aliphatic imine (C=N–C) groups is 1. The highest BCUT2D eigenvalue weighted by atomic mass is 32.1. The second-order valence-electron chi connectivity index (χ2n) is 4.95. The molecule has 1 aliphatic carbocycles. The molecule has 0 saturated heterocycles. The molecule has 0 spiro atoms. The van der Waals surface area contributed by atoms with Crippen molar-refractivity contribution in [3.8, 4) is 0 Å². The molecular weight excluding hydrogens is 280 g/mol. The Morgan fingerprint density at radius 1 is 1.29 bits per heavy atom. The summed E-state index contributed by atoms with van der Waals surface area (Å²) >= 11 is 5.41. The van der Waals surface area contributed by atoms with Crippen LogP contribution in [0.15, 0.2) is 70.3 Å². The fraction of sp³-hybridized carbons (Fsp3) is 0.118. The van der Waals surface area contributed by atoms with Crippen molar-refractivity contribution in [3.05, 3.63) is 70.8 Å². The summed E-state index contributed by atoms with van der Waals surface area (Å²) in [5, 5.41) is 2.80. The Hall–Kier alpha value is -2.33. The van der Waals surface area contributed by atoms with E-state index in [0.717, 1.165) is 16.7 Å². The minimum Gasteiger partial charge on any atom is -0.313 e. The number of thiocarbonyl (C=S) groups is 1. The maximum Gasteiger partial charge on any atom is 0.256 e. The summed E-state index contributed by atoms with van der Waals surface area (Å²) in [4.78, 5) is 17.1. The molecule has 104 valence electrons. The average molecular weight is 294 g/mol. The number of fused-ring (bicyclic) bond motifs is 1. The van der Waals surface area contributed by atoms with Crippen LogP contribution in [0.2, 0.25) is 0 Å². The number of allylic oxidation sites excluding steroid dienone is 3. The molecule has 2 aliphatic rings. The summed E-state index contributed by atoms with van der Waals surface area (Å²) in [7, 11) is 0. The third-order valence-corrected chi connectivity index (χ3v) is 3.84. The van der Waals surface area contributed by atoms with Gasteiger partial charge in [-0.1, -0.05) is 42.6 Å². The third-order valence-electron chi connectivity index (χ3n) is 3.51. The second-order valence-corrected chi connectivity index (χ2v) is 5.36. The van der Waals surface area contributed by atoms with Crippen molar-refractivity contribution >= 4 is 29.3 Å². The number of nitrogens with one attached hydrogen (secondary N) is 1. The van der Waals surface area contributed by atoms with Crippen LogP contribution in [0.4, 0.5) is 0 Å². The summed E-state index contributed by atoms with van der Waals surface area (Å²) in [5.41, 5.74) is 3.67. The van der Waals surface area contributed by atoms with Gasteiger partial charge in [-0.15, -0.1) is 0 Å². The van der Waals surface area contributed by atoms with Gasteiger partial charge in [0.2, 0.25) is 0 Å². The number of carbonyl (C=O) groups is 1. The number of hydrogen-bond donors (Lipinski definition) is 1. The van der Waals surface area contributed by atoms with Crippen LogP contribution in [0, 0.1) is 0 Å². The summed E-state index contributed by atoms with van der Waals surface area (Å²) in [5.74, 6) is -0.190. The van der Waals surface area contributed by atoms with Gasteiger partial charge < -0.3 is 5.32 Å². The minimum absolute atomic E-state index is 0.0847. The summed E-state index contributed by atoms with van der Waals surface area (Å²) < 4.78 is 0. The SMILES string of the molecule is CC1=C(C(=S)NC(=O)c2ccccc2)[C@@H]2N=CC=CC2=C1. The molecule has 1 atom stereocenters. The van der Waals surface area contributed by atoms with Gasteiger partial charge in [0.15, 0.2) is 0 Å². The van der Waals surface area contributed by atoms with Gasteiger partial charge in [0.25, 0.3) is 5.91 Å². The lowest BCUT2D eigenvalue weighted by Gasteiger charge is -2.17. The first-order valence-corrected chi connectivity index (χ1v) is 7.10. The Balaban J connectivity index is 1.78. The first-order chi connectivity index (χ1) is 10.2. The largest absolute Gasteiger partial charge is 0.313 e. The Bertz CT molecular complexity index is 726. The van der Waals surface area contributed by atoms with E-state index < -0.39 is 0 Å². The van der Waals surface area contributed by atoms with Gasteiger partial charge >= 0.3 is 0 Å². The first kappa shape index (κ1) is 13.6. The molecule has 0 aromatic heterocycles. The van der Waals surface area contributed by atoms with Crippen molar-refractivity contribution in [2.45, 2.75) is 13.0 Å². The van der Waals surface area contributed by atoms with Crippen molar-refractivity contribution in [2.75, 3.05) is 0 Å². The van der Waals surface area contributed by atoms with Crippen LogP contribution in [0.1, 0.15) is 17.3 Å². The van der Waals surface area contributed by atoms with Gasteiger partial charge in [0, 0.05) is 17.4 Å². The van der Waals surface area contributed by atoms with E-state index in [-0.39, 0.29) is 11.9 Å². The van der Waals surface area contributed by atoms with E-state index in [2.05, 4.69) is 16.4 Å². The van der Waals surface area contributed by atoms with Crippen molar-refractivity contribution in [2.24, 2.45) is 4.99 Å². The van der Waals surface area contributed by atoms with Crippen LogP contribution in [-0.4, -0.2) is 23.2 Å². The maximum atomic E-state index is 12.2. The Morgan fingerprint density at radius 2 is 2.05 bits per heavy atom. The normalized spacial score (nSPS) is 19.3. The van der Waals surface area contributed by atoms with Gasteiger partial charge in [-0.2, -0.15) is 0 Å². The predicted molar refractivity (Wildman–Crippen MR) is 88.7 cm³/mol. The summed E-state index contributed by atoms with van der Waals surface area (Å²) in [6.07, 6.45) is 7.76. The number of amides is 1. The smallest absolute Gasteiger partial charge is 0.256 e. The molecule has 1 aliphatic heterocycles. The molecule has 0 unspecified atom stereocenters. The number of dihydropyridines is 1. The Labute approximate surface area is 128 Å². The van der Waals surface area contributed by atoms with E-state index in [1.54, 1.807) is 18.3 Å². The molecule has 3 nitrogen and oxygen atoms in total. The molecule has 21 heavy (non-hydrogen) atoms. The monoisotopic (exact) mass is 294 g/mol. The Morgan fingerprint density at radius 3 is 2.81 bits per heavy atom. The number of benzene rings is 1. The molecule has 1 amide bonds. The van der Waals surface area contributed by atoms with Crippen molar-refractivity contribution in [3.63, 3.8) is 0 Å².